The first-order valence-corrected chi connectivity index (χ1v) is 8.37. The van der Waals surface area contributed by atoms with E-state index < -0.39 is 5.91 Å². The number of H-pyrrole nitrogens is 1. The molecule has 0 bridgehead atoms. The molecule has 126 valence electrons. The van der Waals surface area contributed by atoms with E-state index in [4.69, 9.17) is 5.21 Å². The molecule has 0 saturated carbocycles. The van der Waals surface area contributed by atoms with Crippen LogP contribution in [0.3, 0.4) is 0 Å². The average molecular weight is 467 g/mol. The minimum Gasteiger partial charge on any atom is -0.493 e. The molecule has 0 spiro atoms. The zero-order valence-electron chi connectivity index (χ0n) is 12.3. The molecule has 3 aromatic rings. The lowest BCUT2D eigenvalue weighted by atomic mass is 10.2. The van der Waals surface area contributed by atoms with Crippen LogP contribution in [-0.2, 0) is 0 Å². The second-order valence-electron chi connectivity index (χ2n) is 4.85. The number of carbonyl (C=O) groups excluding carboxylic acids is 1. The summed E-state index contributed by atoms with van der Waals surface area (Å²) in [6.45, 7) is 0. The summed E-state index contributed by atoms with van der Waals surface area (Å²) < 4.78 is 1.50. The van der Waals surface area contributed by atoms with Gasteiger partial charge in [0.25, 0.3) is 5.91 Å². The van der Waals surface area contributed by atoms with E-state index in [0.29, 0.717) is 16.6 Å². The molecule has 25 heavy (non-hydrogen) atoms. The largest absolute Gasteiger partial charge is 0.493 e. The molecule has 0 aliphatic rings. The van der Waals surface area contributed by atoms with Crippen molar-refractivity contribution in [3.05, 3.63) is 50.7 Å². The van der Waals surface area contributed by atoms with Gasteiger partial charge in [-0.15, -0.1) is 10.2 Å². The number of aromatic hydroxyl groups is 1. The van der Waals surface area contributed by atoms with Crippen molar-refractivity contribution in [2.24, 2.45) is 15.4 Å². The van der Waals surface area contributed by atoms with Crippen LogP contribution in [0.2, 0.25) is 0 Å². The lowest BCUT2D eigenvalue weighted by Gasteiger charge is -1.97. The number of hydrogen-bond acceptors (Lipinski definition) is 6. The Kier molecular flexibility index (Phi) is 4.91. The maximum Gasteiger partial charge on any atom is 0.296 e. The van der Waals surface area contributed by atoms with E-state index in [1.165, 1.54) is 18.3 Å². The van der Waals surface area contributed by atoms with Crippen LogP contribution in [0.25, 0.3) is 10.9 Å². The van der Waals surface area contributed by atoms with Crippen LogP contribution in [0, 0.1) is 0 Å². The Balaban J connectivity index is 1.92. The van der Waals surface area contributed by atoms with Crippen molar-refractivity contribution in [2.45, 2.75) is 0 Å². The maximum atomic E-state index is 12.1. The van der Waals surface area contributed by atoms with Gasteiger partial charge in [0.2, 0.25) is 5.88 Å². The van der Waals surface area contributed by atoms with E-state index in [0.717, 1.165) is 15.2 Å². The summed E-state index contributed by atoms with van der Waals surface area (Å²) in [5.74, 6) is -0.819. The van der Waals surface area contributed by atoms with Crippen molar-refractivity contribution >= 4 is 60.6 Å². The quantitative estimate of drug-likeness (QED) is 0.227. The number of benzene rings is 1. The molecule has 2 heterocycles. The normalized spacial score (nSPS) is 11.8. The fourth-order valence-electron chi connectivity index (χ4n) is 2.11. The minimum absolute atomic E-state index is 0.155. The second kappa shape index (κ2) is 7.11. The third-order valence-corrected chi connectivity index (χ3v) is 4.33. The van der Waals surface area contributed by atoms with E-state index in [2.05, 4.69) is 57.2 Å². The van der Waals surface area contributed by atoms with E-state index in [1.54, 1.807) is 6.07 Å². The monoisotopic (exact) mass is 465 g/mol. The number of oxime groups is 1. The number of aromatic amines is 1. The van der Waals surface area contributed by atoms with Gasteiger partial charge in [-0.3, -0.25) is 9.78 Å². The molecule has 0 unspecified atom stereocenters. The van der Waals surface area contributed by atoms with Crippen LogP contribution in [0.15, 0.2) is 54.8 Å². The number of nitrogens with zero attached hydrogens (tertiary/aromatic N) is 4. The highest BCUT2D eigenvalue weighted by Gasteiger charge is 2.14. The van der Waals surface area contributed by atoms with Gasteiger partial charge < -0.3 is 15.3 Å². The number of carbonyl (C=O) groups is 1. The predicted octanol–water partition coefficient (Wildman–Crippen LogP) is 4.53. The Morgan fingerprint density at radius 3 is 2.76 bits per heavy atom. The molecule has 2 aromatic heterocycles. The van der Waals surface area contributed by atoms with Crippen LogP contribution >= 0.6 is 31.9 Å². The molecule has 0 radical (unpaired) electrons. The van der Waals surface area contributed by atoms with Crippen molar-refractivity contribution in [3.8, 4) is 5.88 Å². The summed E-state index contributed by atoms with van der Waals surface area (Å²) >= 11 is 6.74. The molecule has 0 aliphatic carbocycles. The number of rotatable bonds is 3. The van der Waals surface area contributed by atoms with Gasteiger partial charge in [-0.25, -0.2) is 0 Å². The zero-order valence-corrected chi connectivity index (χ0v) is 15.5. The number of hydrogen-bond donors (Lipinski definition) is 3. The fraction of sp³-hybridized carbons (Fsp3) is 0. The molecule has 3 rings (SSSR count). The van der Waals surface area contributed by atoms with E-state index in [1.807, 2.05) is 6.07 Å². The van der Waals surface area contributed by atoms with Gasteiger partial charge >= 0.3 is 0 Å². The topological polar surface area (TPSA) is 123 Å². The van der Waals surface area contributed by atoms with Crippen LogP contribution in [0.1, 0.15) is 16.1 Å². The Labute approximate surface area is 157 Å². The minimum atomic E-state index is -0.622. The van der Waals surface area contributed by atoms with Gasteiger partial charge in [-0.2, -0.15) is 0 Å². The van der Waals surface area contributed by atoms with Gasteiger partial charge in [-0.05, 0) is 40.2 Å². The smallest absolute Gasteiger partial charge is 0.296 e. The van der Waals surface area contributed by atoms with Crippen molar-refractivity contribution in [1.82, 2.24) is 9.97 Å². The zero-order chi connectivity index (χ0) is 18.0. The molecule has 1 amide bonds. The molecule has 1 aromatic carbocycles. The molecular weight excluding hydrogens is 458 g/mol. The first-order valence-electron chi connectivity index (χ1n) is 6.79. The summed E-state index contributed by atoms with van der Waals surface area (Å²) in [6, 6.07) is 6.54. The highest BCUT2D eigenvalue weighted by molar-refractivity contribution is 9.11. The van der Waals surface area contributed by atoms with Crippen molar-refractivity contribution < 1.29 is 15.1 Å². The third kappa shape index (κ3) is 3.59. The SMILES string of the molecule is O=C(N=Nc1c(O)[nH]c2c(Br)cc(Br)cc12)c1ccc(C=NO)nc1. The van der Waals surface area contributed by atoms with Crippen molar-refractivity contribution in [3.63, 3.8) is 0 Å². The van der Waals surface area contributed by atoms with Crippen LogP contribution < -0.4 is 0 Å². The second-order valence-corrected chi connectivity index (χ2v) is 6.62. The van der Waals surface area contributed by atoms with Crippen molar-refractivity contribution in [2.75, 3.05) is 0 Å². The van der Waals surface area contributed by atoms with E-state index >= 15 is 0 Å². The highest BCUT2D eigenvalue weighted by atomic mass is 79.9. The fourth-order valence-corrected chi connectivity index (χ4v) is 3.44. The molecule has 0 saturated heterocycles. The molecule has 3 N–H and O–H groups in total. The number of halogens is 2. The predicted molar refractivity (Wildman–Crippen MR) is 97.8 cm³/mol. The molecule has 10 heteroatoms. The Morgan fingerprint density at radius 2 is 2.08 bits per heavy atom. The summed E-state index contributed by atoms with van der Waals surface area (Å²) in [5.41, 5.74) is 1.39. The van der Waals surface area contributed by atoms with E-state index in [9.17, 15) is 9.90 Å². The lowest BCUT2D eigenvalue weighted by Crippen LogP contribution is -1.96. The number of nitrogens with one attached hydrogen (secondary N) is 1. The van der Waals surface area contributed by atoms with Gasteiger partial charge in [0.05, 0.1) is 23.0 Å². The summed E-state index contributed by atoms with van der Waals surface area (Å²) in [6.07, 6.45) is 2.43. The van der Waals surface area contributed by atoms with Gasteiger partial charge in [0, 0.05) is 20.5 Å². The maximum absolute atomic E-state index is 12.1. The number of amides is 1. The summed E-state index contributed by atoms with van der Waals surface area (Å²) in [4.78, 5) is 18.8. The molecule has 0 aliphatic heterocycles. The van der Waals surface area contributed by atoms with Gasteiger partial charge in [-0.1, -0.05) is 21.1 Å². The highest BCUT2D eigenvalue weighted by Crippen LogP contribution is 2.40. The third-order valence-electron chi connectivity index (χ3n) is 3.24. The first-order chi connectivity index (χ1) is 12.0. The Morgan fingerprint density at radius 1 is 1.28 bits per heavy atom. The lowest BCUT2D eigenvalue weighted by molar-refractivity contribution is 0.0994. The number of aromatic nitrogens is 2. The van der Waals surface area contributed by atoms with Gasteiger partial charge in [0.15, 0.2) is 5.69 Å². The summed E-state index contributed by atoms with van der Waals surface area (Å²) in [7, 11) is 0. The standard InChI is InChI=1S/C15H9Br2N5O3/c16-8-3-10-12(11(17)4-8)20-15(24)13(10)21-22-14(23)7-1-2-9(6-19-25)18-5-7/h1-6,20,24-25H. The number of pyridine rings is 1. The molecular formula is C15H9Br2N5O3. The number of fused-ring (bicyclic) bond motifs is 1. The first kappa shape index (κ1) is 17.2. The number of azo groups is 1. The average Bonchev–Trinajstić information content (AvgIpc) is 2.89. The van der Waals surface area contributed by atoms with Crippen LogP contribution in [0.5, 0.6) is 5.88 Å². The van der Waals surface area contributed by atoms with E-state index in [-0.39, 0.29) is 17.1 Å². The molecule has 0 atom stereocenters. The van der Waals surface area contributed by atoms with Crippen LogP contribution in [0.4, 0.5) is 5.69 Å². The Hall–Kier alpha value is -2.59. The molecule has 8 nitrogen and oxygen atoms in total. The van der Waals surface area contributed by atoms with Crippen LogP contribution in [-0.4, -0.2) is 32.4 Å². The Bertz CT molecular complexity index is 1010. The molecule has 0 fully saturated rings. The van der Waals surface area contributed by atoms with Crippen molar-refractivity contribution in [1.29, 1.82) is 0 Å². The van der Waals surface area contributed by atoms with Gasteiger partial charge in [0.1, 0.15) is 0 Å². The summed E-state index contributed by atoms with van der Waals surface area (Å²) in [5, 5.41) is 29.4.